The van der Waals surface area contributed by atoms with Crippen molar-refractivity contribution in [2.24, 2.45) is 0 Å². The lowest BCUT2D eigenvalue weighted by molar-refractivity contribution is 1.26. The molecule has 0 radical (unpaired) electrons. The Morgan fingerprint density at radius 2 is 2.00 bits per heavy atom. The zero-order valence-corrected chi connectivity index (χ0v) is 9.90. The summed E-state index contributed by atoms with van der Waals surface area (Å²) in [4.78, 5) is 11.9. The number of rotatable bonds is 1. The van der Waals surface area contributed by atoms with Gasteiger partial charge in [0.1, 0.15) is 5.82 Å². The number of aromatic nitrogens is 3. The first kappa shape index (κ1) is 9.54. The molecular formula is C12H8BrN3. The first-order chi connectivity index (χ1) is 7.83. The Kier molecular flexibility index (Phi) is 2.22. The monoisotopic (exact) mass is 273 g/mol. The van der Waals surface area contributed by atoms with Crippen molar-refractivity contribution in [2.45, 2.75) is 0 Å². The minimum absolute atomic E-state index is 0.843. The average molecular weight is 274 g/mol. The van der Waals surface area contributed by atoms with E-state index in [1.807, 2.05) is 30.3 Å². The summed E-state index contributed by atoms with van der Waals surface area (Å²) in [6, 6.07) is 9.96. The van der Waals surface area contributed by atoms with Gasteiger partial charge < -0.3 is 4.98 Å². The van der Waals surface area contributed by atoms with Crippen LogP contribution in [-0.4, -0.2) is 15.0 Å². The topological polar surface area (TPSA) is 41.6 Å². The highest BCUT2D eigenvalue weighted by Crippen LogP contribution is 2.21. The summed E-state index contributed by atoms with van der Waals surface area (Å²) in [6.45, 7) is 0. The van der Waals surface area contributed by atoms with E-state index in [9.17, 15) is 0 Å². The lowest BCUT2D eigenvalue weighted by atomic mass is 10.3. The van der Waals surface area contributed by atoms with Gasteiger partial charge in [-0.2, -0.15) is 0 Å². The van der Waals surface area contributed by atoms with E-state index in [1.54, 1.807) is 12.4 Å². The van der Waals surface area contributed by atoms with Crippen LogP contribution < -0.4 is 0 Å². The Morgan fingerprint density at radius 3 is 2.81 bits per heavy atom. The smallest absolute Gasteiger partial charge is 0.140 e. The maximum absolute atomic E-state index is 4.51. The normalized spacial score (nSPS) is 10.8. The molecule has 0 saturated carbocycles. The van der Waals surface area contributed by atoms with Crippen molar-refractivity contribution in [3.05, 3.63) is 47.2 Å². The van der Waals surface area contributed by atoms with E-state index >= 15 is 0 Å². The van der Waals surface area contributed by atoms with Crippen molar-refractivity contribution in [1.29, 1.82) is 0 Å². The molecule has 1 N–H and O–H groups in total. The predicted molar refractivity (Wildman–Crippen MR) is 67.0 cm³/mol. The van der Waals surface area contributed by atoms with Gasteiger partial charge >= 0.3 is 0 Å². The van der Waals surface area contributed by atoms with Gasteiger partial charge in [-0.1, -0.05) is 12.1 Å². The van der Waals surface area contributed by atoms with E-state index in [2.05, 4.69) is 30.9 Å². The Balaban J connectivity index is 2.19. The van der Waals surface area contributed by atoms with Crippen LogP contribution in [0.5, 0.6) is 0 Å². The average Bonchev–Trinajstić information content (AvgIpc) is 2.72. The summed E-state index contributed by atoms with van der Waals surface area (Å²) in [5.74, 6) is 0.843. The standard InChI is InChI=1S/C12H8BrN3/c13-9-5-8(6-14-7-9)12-15-10-3-1-2-4-11(10)16-12/h1-7H,(H,15,16). The summed E-state index contributed by atoms with van der Waals surface area (Å²) in [6.07, 6.45) is 3.55. The molecule has 0 aliphatic heterocycles. The first-order valence-corrected chi connectivity index (χ1v) is 5.68. The minimum atomic E-state index is 0.843. The lowest BCUT2D eigenvalue weighted by Gasteiger charge is -1.95. The van der Waals surface area contributed by atoms with E-state index in [0.29, 0.717) is 0 Å². The van der Waals surface area contributed by atoms with Gasteiger partial charge in [-0.25, -0.2) is 4.98 Å². The molecule has 3 nitrogen and oxygen atoms in total. The largest absolute Gasteiger partial charge is 0.338 e. The first-order valence-electron chi connectivity index (χ1n) is 4.88. The molecule has 2 aromatic heterocycles. The zero-order chi connectivity index (χ0) is 11.0. The fourth-order valence-electron chi connectivity index (χ4n) is 1.63. The molecule has 0 bridgehead atoms. The molecule has 0 aliphatic rings. The third kappa shape index (κ3) is 1.61. The lowest BCUT2D eigenvalue weighted by Crippen LogP contribution is -1.82. The van der Waals surface area contributed by atoms with Crippen LogP contribution in [0.1, 0.15) is 0 Å². The van der Waals surface area contributed by atoms with Crippen molar-refractivity contribution >= 4 is 27.0 Å². The minimum Gasteiger partial charge on any atom is -0.338 e. The van der Waals surface area contributed by atoms with Gasteiger partial charge in [0.2, 0.25) is 0 Å². The molecule has 0 aliphatic carbocycles. The van der Waals surface area contributed by atoms with Gasteiger partial charge in [-0.05, 0) is 34.1 Å². The van der Waals surface area contributed by atoms with E-state index in [0.717, 1.165) is 26.9 Å². The van der Waals surface area contributed by atoms with Crippen molar-refractivity contribution in [1.82, 2.24) is 15.0 Å². The molecule has 3 rings (SSSR count). The molecule has 0 amide bonds. The Labute approximate surface area is 101 Å². The highest BCUT2D eigenvalue weighted by atomic mass is 79.9. The number of imidazole rings is 1. The van der Waals surface area contributed by atoms with E-state index in [1.165, 1.54) is 0 Å². The number of nitrogens with zero attached hydrogens (tertiary/aromatic N) is 2. The number of hydrogen-bond acceptors (Lipinski definition) is 2. The molecule has 78 valence electrons. The number of hydrogen-bond donors (Lipinski definition) is 1. The molecule has 0 fully saturated rings. The third-order valence-corrected chi connectivity index (χ3v) is 2.80. The van der Waals surface area contributed by atoms with E-state index < -0.39 is 0 Å². The van der Waals surface area contributed by atoms with Gasteiger partial charge in [-0.15, -0.1) is 0 Å². The van der Waals surface area contributed by atoms with Crippen LogP contribution in [0.2, 0.25) is 0 Å². The van der Waals surface area contributed by atoms with Gasteiger partial charge in [-0.3, -0.25) is 4.98 Å². The van der Waals surface area contributed by atoms with Crippen LogP contribution >= 0.6 is 15.9 Å². The molecule has 0 saturated heterocycles. The van der Waals surface area contributed by atoms with Crippen molar-refractivity contribution in [3.8, 4) is 11.4 Å². The van der Waals surface area contributed by atoms with Crippen molar-refractivity contribution in [2.75, 3.05) is 0 Å². The van der Waals surface area contributed by atoms with E-state index in [-0.39, 0.29) is 0 Å². The number of benzene rings is 1. The molecule has 3 aromatic rings. The van der Waals surface area contributed by atoms with Crippen molar-refractivity contribution < 1.29 is 0 Å². The van der Waals surface area contributed by atoms with E-state index in [4.69, 9.17) is 0 Å². The van der Waals surface area contributed by atoms with Gasteiger partial charge in [0.15, 0.2) is 0 Å². The highest BCUT2D eigenvalue weighted by Gasteiger charge is 2.04. The summed E-state index contributed by atoms with van der Waals surface area (Å²) in [5.41, 5.74) is 2.99. The predicted octanol–water partition coefficient (Wildman–Crippen LogP) is 3.39. The number of halogens is 1. The third-order valence-electron chi connectivity index (χ3n) is 2.37. The second-order valence-corrected chi connectivity index (χ2v) is 4.41. The molecule has 0 atom stereocenters. The second kappa shape index (κ2) is 3.72. The molecular weight excluding hydrogens is 266 g/mol. The summed E-state index contributed by atoms with van der Waals surface area (Å²) in [7, 11) is 0. The van der Waals surface area contributed by atoms with Gasteiger partial charge in [0, 0.05) is 22.4 Å². The Bertz CT molecular complexity index is 612. The maximum Gasteiger partial charge on any atom is 0.140 e. The molecule has 1 aromatic carbocycles. The van der Waals surface area contributed by atoms with Crippen LogP contribution in [0.25, 0.3) is 22.4 Å². The molecule has 16 heavy (non-hydrogen) atoms. The van der Waals surface area contributed by atoms with Crippen LogP contribution in [0, 0.1) is 0 Å². The summed E-state index contributed by atoms with van der Waals surface area (Å²) < 4.78 is 0.949. The molecule has 0 spiro atoms. The number of para-hydroxylation sites is 2. The fraction of sp³-hybridized carbons (Fsp3) is 0. The van der Waals surface area contributed by atoms with Crippen LogP contribution in [0.15, 0.2) is 47.2 Å². The van der Waals surface area contributed by atoms with Crippen LogP contribution in [0.4, 0.5) is 0 Å². The van der Waals surface area contributed by atoms with Crippen molar-refractivity contribution in [3.63, 3.8) is 0 Å². The Hall–Kier alpha value is -1.68. The second-order valence-electron chi connectivity index (χ2n) is 3.49. The van der Waals surface area contributed by atoms with Gasteiger partial charge in [0.25, 0.3) is 0 Å². The number of aromatic amines is 1. The number of fused-ring (bicyclic) bond motifs is 1. The number of H-pyrrole nitrogens is 1. The Morgan fingerprint density at radius 1 is 1.12 bits per heavy atom. The summed E-state index contributed by atoms with van der Waals surface area (Å²) in [5, 5.41) is 0. The zero-order valence-electron chi connectivity index (χ0n) is 8.31. The SMILES string of the molecule is Brc1cncc(-c2nc3ccccc3[nH]2)c1. The highest BCUT2D eigenvalue weighted by molar-refractivity contribution is 9.10. The van der Waals surface area contributed by atoms with Crippen LogP contribution in [0.3, 0.4) is 0 Å². The quantitative estimate of drug-likeness (QED) is 0.739. The molecule has 4 heteroatoms. The molecule has 2 heterocycles. The number of nitrogens with one attached hydrogen (secondary N) is 1. The molecule has 0 unspecified atom stereocenters. The number of pyridine rings is 1. The van der Waals surface area contributed by atoms with Crippen LogP contribution in [-0.2, 0) is 0 Å². The maximum atomic E-state index is 4.51. The van der Waals surface area contributed by atoms with Gasteiger partial charge in [0.05, 0.1) is 11.0 Å². The summed E-state index contributed by atoms with van der Waals surface area (Å²) >= 11 is 3.40. The fourth-order valence-corrected chi connectivity index (χ4v) is 2.00.